The molecule has 0 bridgehead atoms. The highest BCUT2D eigenvalue weighted by molar-refractivity contribution is 7.45. The van der Waals surface area contributed by atoms with Gasteiger partial charge >= 0.3 is 0 Å². The zero-order valence-electron chi connectivity index (χ0n) is 31.9. The topological polar surface area (TPSA) is 108 Å². The van der Waals surface area contributed by atoms with Crippen LogP contribution in [-0.4, -0.2) is 68.5 Å². The highest BCUT2D eigenvalue weighted by Gasteiger charge is 2.23. The molecular weight excluding hydrogens is 623 g/mol. The Bertz CT molecular complexity index is 845. The largest absolute Gasteiger partial charge is 0.756 e. The molecule has 0 saturated heterocycles. The van der Waals surface area contributed by atoms with Gasteiger partial charge in [0.2, 0.25) is 5.91 Å². The Kier molecular flexibility index (Phi) is 31.2. The quantitative estimate of drug-likeness (QED) is 0.0295. The van der Waals surface area contributed by atoms with E-state index in [2.05, 4.69) is 31.3 Å². The van der Waals surface area contributed by atoms with Crippen molar-refractivity contribution in [1.29, 1.82) is 0 Å². The number of nitrogens with zero attached hydrogens (tertiary/aromatic N) is 1. The third kappa shape index (κ3) is 33.5. The predicted octanol–water partition coefficient (Wildman–Crippen LogP) is 9.55. The van der Waals surface area contributed by atoms with Crippen LogP contribution in [0.25, 0.3) is 0 Å². The number of nitrogens with one attached hydrogen (secondary N) is 1. The second-order valence-electron chi connectivity index (χ2n) is 14.6. The lowest BCUT2D eigenvalue weighted by atomic mass is 10.1. The first-order chi connectivity index (χ1) is 23.0. The summed E-state index contributed by atoms with van der Waals surface area (Å²) < 4.78 is 23.1. The minimum absolute atomic E-state index is 0.00200. The van der Waals surface area contributed by atoms with Crippen LogP contribution < -0.4 is 10.2 Å². The normalized spacial score (nSPS) is 14.9. The third-order valence-corrected chi connectivity index (χ3v) is 9.62. The van der Waals surface area contributed by atoms with Crippen LogP contribution in [0.5, 0.6) is 0 Å². The molecule has 0 aromatic rings. The number of hydrogen-bond acceptors (Lipinski definition) is 6. The minimum Gasteiger partial charge on any atom is -0.756 e. The molecule has 284 valence electrons. The van der Waals surface area contributed by atoms with E-state index < -0.39 is 20.0 Å². The minimum atomic E-state index is -4.58. The van der Waals surface area contributed by atoms with E-state index in [0.717, 1.165) is 51.4 Å². The van der Waals surface area contributed by atoms with Crippen molar-refractivity contribution in [3.63, 3.8) is 0 Å². The summed E-state index contributed by atoms with van der Waals surface area (Å²) in [5.41, 5.74) is 0. The average molecular weight is 701 g/mol. The highest BCUT2D eigenvalue weighted by Crippen LogP contribution is 2.38. The fourth-order valence-electron chi connectivity index (χ4n) is 5.44. The lowest BCUT2D eigenvalue weighted by Gasteiger charge is -2.29. The maximum Gasteiger partial charge on any atom is 0.268 e. The molecular formula is C39H77N2O6P. The first-order valence-electron chi connectivity index (χ1n) is 19.7. The van der Waals surface area contributed by atoms with E-state index in [-0.39, 0.29) is 19.1 Å². The molecule has 0 aliphatic heterocycles. The van der Waals surface area contributed by atoms with Crippen molar-refractivity contribution in [2.45, 2.75) is 180 Å². The van der Waals surface area contributed by atoms with Crippen LogP contribution in [-0.2, 0) is 18.4 Å². The first kappa shape index (κ1) is 47.0. The lowest BCUT2D eigenvalue weighted by Crippen LogP contribution is -2.45. The van der Waals surface area contributed by atoms with Crippen molar-refractivity contribution in [3.05, 3.63) is 24.3 Å². The van der Waals surface area contributed by atoms with Crippen LogP contribution in [0.4, 0.5) is 0 Å². The number of aliphatic hydroxyl groups is 1. The number of carbonyl (C=O) groups excluding carboxylic acids is 1. The average Bonchev–Trinajstić information content (AvgIpc) is 3.02. The summed E-state index contributed by atoms with van der Waals surface area (Å²) in [5, 5.41) is 13.7. The zero-order chi connectivity index (χ0) is 35.8. The second-order valence-corrected chi connectivity index (χ2v) is 16.0. The molecule has 0 aromatic carbocycles. The molecule has 0 rings (SSSR count). The molecule has 0 spiro atoms. The lowest BCUT2D eigenvalue weighted by molar-refractivity contribution is -0.870. The van der Waals surface area contributed by atoms with E-state index in [1.807, 2.05) is 27.2 Å². The molecule has 0 aliphatic carbocycles. The SMILES string of the molecule is CCCCCCCC/C=C/CCCCCCCC(=O)N[C@@H](COP(=O)([O-])OCC[N+](C)(C)C)[C@H](O)/C=C/CCCCCCCCCCC. The molecule has 1 amide bonds. The van der Waals surface area contributed by atoms with E-state index in [1.165, 1.54) is 96.3 Å². The van der Waals surface area contributed by atoms with E-state index in [1.54, 1.807) is 6.08 Å². The summed E-state index contributed by atoms with van der Waals surface area (Å²) in [5.74, 6) is -0.209. The van der Waals surface area contributed by atoms with Crippen LogP contribution in [0, 0.1) is 0 Å². The predicted molar refractivity (Wildman–Crippen MR) is 201 cm³/mol. The molecule has 0 radical (unpaired) electrons. The van der Waals surface area contributed by atoms with Gasteiger partial charge in [0.25, 0.3) is 7.82 Å². The number of phosphoric ester groups is 1. The standard InChI is InChI=1S/C39H77N2O6P/c1-6-8-10-12-14-16-18-19-20-21-23-25-27-29-31-33-39(43)40-37(36-47-48(44,45)46-35-34-41(3,4)5)38(42)32-30-28-26-24-22-17-15-13-11-9-7-2/h19-20,30,32,37-38,42H,6-18,21-29,31,33-36H2,1-5H3,(H-,40,43,44,45)/b20-19+,32-30+/t37-,38+/m0/s1. The molecule has 9 heteroatoms. The van der Waals surface area contributed by atoms with Gasteiger partial charge in [0, 0.05) is 6.42 Å². The fourth-order valence-corrected chi connectivity index (χ4v) is 6.16. The van der Waals surface area contributed by atoms with Gasteiger partial charge in [-0.25, -0.2) is 0 Å². The number of hydrogen-bond donors (Lipinski definition) is 2. The fraction of sp³-hybridized carbons (Fsp3) is 0.872. The maximum atomic E-state index is 12.8. The smallest absolute Gasteiger partial charge is 0.268 e. The Morgan fingerprint density at radius 2 is 1.15 bits per heavy atom. The molecule has 0 heterocycles. The van der Waals surface area contributed by atoms with Gasteiger partial charge in [0.1, 0.15) is 13.2 Å². The molecule has 3 atom stereocenters. The summed E-state index contributed by atoms with van der Waals surface area (Å²) in [4.78, 5) is 25.1. The highest BCUT2D eigenvalue weighted by atomic mass is 31.2. The van der Waals surface area contributed by atoms with Gasteiger partial charge in [-0.15, -0.1) is 0 Å². The summed E-state index contributed by atoms with van der Waals surface area (Å²) in [6, 6.07) is -0.885. The number of allylic oxidation sites excluding steroid dienone is 3. The van der Waals surface area contributed by atoms with Crippen LogP contribution in [0.1, 0.15) is 168 Å². The maximum absolute atomic E-state index is 12.8. The van der Waals surface area contributed by atoms with E-state index in [0.29, 0.717) is 17.4 Å². The number of phosphoric acid groups is 1. The van der Waals surface area contributed by atoms with E-state index in [9.17, 15) is 19.4 Å². The Hall–Kier alpha value is -1.02. The second kappa shape index (κ2) is 31.9. The summed E-state index contributed by atoms with van der Waals surface area (Å²) >= 11 is 0. The Morgan fingerprint density at radius 3 is 1.62 bits per heavy atom. The van der Waals surface area contributed by atoms with Gasteiger partial charge in [0.15, 0.2) is 0 Å². The number of aliphatic hydroxyl groups excluding tert-OH is 1. The molecule has 0 fully saturated rings. The van der Waals surface area contributed by atoms with Gasteiger partial charge in [-0.1, -0.05) is 141 Å². The zero-order valence-corrected chi connectivity index (χ0v) is 32.8. The third-order valence-electron chi connectivity index (χ3n) is 8.66. The van der Waals surface area contributed by atoms with Gasteiger partial charge in [-0.2, -0.15) is 0 Å². The van der Waals surface area contributed by atoms with Crippen LogP contribution >= 0.6 is 7.82 Å². The van der Waals surface area contributed by atoms with Crippen molar-refractivity contribution >= 4 is 13.7 Å². The summed E-state index contributed by atoms with van der Waals surface area (Å²) in [6.45, 7) is 4.60. The molecule has 48 heavy (non-hydrogen) atoms. The van der Waals surface area contributed by atoms with E-state index >= 15 is 0 Å². The van der Waals surface area contributed by atoms with Crippen LogP contribution in [0.3, 0.4) is 0 Å². The molecule has 1 unspecified atom stereocenters. The van der Waals surface area contributed by atoms with Crippen LogP contribution in [0.2, 0.25) is 0 Å². The van der Waals surface area contributed by atoms with Gasteiger partial charge in [0.05, 0.1) is 39.9 Å². The first-order valence-corrected chi connectivity index (χ1v) is 21.2. The number of likely N-dealkylation sites (N-methyl/N-ethyl adjacent to an activating group) is 1. The van der Waals surface area contributed by atoms with Gasteiger partial charge < -0.3 is 28.8 Å². The summed E-state index contributed by atoms with van der Waals surface area (Å²) in [6.07, 6.45) is 35.0. The Morgan fingerprint density at radius 1 is 0.708 bits per heavy atom. The van der Waals surface area contributed by atoms with Gasteiger partial charge in [-0.3, -0.25) is 9.36 Å². The van der Waals surface area contributed by atoms with Crippen molar-refractivity contribution in [1.82, 2.24) is 5.32 Å². The van der Waals surface area contributed by atoms with Crippen molar-refractivity contribution < 1.29 is 32.9 Å². The Labute approximate surface area is 296 Å². The molecule has 0 saturated carbocycles. The van der Waals surface area contributed by atoms with E-state index in [4.69, 9.17) is 9.05 Å². The summed E-state index contributed by atoms with van der Waals surface area (Å²) in [7, 11) is 1.25. The number of unbranched alkanes of at least 4 members (excludes halogenated alkanes) is 20. The number of amides is 1. The van der Waals surface area contributed by atoms with Crippen molar-refractivity contribution in [2.75, 3.05) is 40.9 Å². The van der Waals surface area contributed by atoms with Crippen molar-refractivity contribution in [2.24, 2.45) is 0 Å². The van der Waals surface area contributed by atoms with Gasteiger partial charge in [-0.05, 0) is 44.9 Å². The Balaban J connectivity index is 4.51. The number of carbonyl (C=O) groups is 1. The monoisotopic (exact) mass is 701 g/mol. The van der Waals surface area contributed by atoms with Crippen LogP contribution in [0.15, 0.2) is 24.3 Å². The molecule has 0 aliphatic rings. The molecule has 2 N–H and O–H groups in total. The van der Waals surface area contributed by atoms with Crippen molar-refractivity contribution in [3.8, 4) is 0 Å². The molecule has 8 nitrogen and oxygen atoms in total. The molecule has 0 aromatic heterocycles. The number of rotatable bonds is 35. The number of quaternary nitrogens is 1.